The van der Waals surface area contributed by atoms with E-state index >= 15 is 0 Å². The largest absolute Gasteiger partial charge is 0.328 e. The molecule has 3 amide bonds. The third-order valence-corrected chi connectivity index (χ3v) is 5.88. The van der Waals surface area contributed by atoms with Crippen LogP contribution in [0.3, 0.4) is 0 Å². The second kappa shape index (κ2) is 9.18. The van der Waals surface area contributed by atoms with E-state index in [9.17, 15) is 9.59 Å². The van der Waals surface area contributed by atoms with Crippen LogP contribution in [0.1, 0.15) is 22.7 Å². The van der Waals surface area contributed by atoms with Crippen molar-refractivity contribution in [3.8, 4) is 0 Å². The van der Waals surface area contributed by atoms with Gasteiger partial charge in [-0.05, 0) is 23.1 Å². The van der Waals surface area contributed by atoms with Gasteiger partial charge in [0.25, 0.3) is 5.91 Å². The van der Waals surface area contributed by atoms with E-state index in [1.807, 2.05) is 91.0 Å². The minimum atomic E-state index is -0.314. The Labute approximate surface area is 182 Å². The maximum Gasteiger partial charge on any atom is 0.328 e. The van der Waals surface area contributed by atoms with Crippen LogP contribution in [0.4, 0.5) is 4.79 Å². The first-order valence-corrected chi connectivity index (χ1v) is 10.7. The normalized spacial score (nSPS) is 15.1. The smallest absolute Gasteiger partial charge is 0.304 e. The molecule has 0 saturated carbocycles. The first-order valence-electron chi connectivity index (χ1n) is 10.1. The van der Waals surface area contributed by atoms with E-state index in [4.69, 9.17) is 0 Å². The lowest BCUT2D eigenvalue weighted by Gasteiger charge is -2.30. The van der Waals surface area contributed by atoms with Gasteiger partial charge in [0, 0.05) is 5.75 Å². The van der Waals surface area contributed by atoms with Gasteiger partial charge < -0.3 is 4.90 Å². The highest BCUT2D eigenvalue weighted by atomic mass is 32.1. The molecule has 0 aromatic heterocycles. The molecule has 0 N–H and O–H groups in total. The van der Waals surface area contributed by atoms with Gasteiger partial charge in [0.2, 0.25) is 0 Å². The maximum absolute atomic E-state index is 13.5. The van der Waals surface area contributed by atoms with Gasteiger partial charge in [-0.3, -0.25) is 9.69 Å². The molecule has 0 spiro atoms. The number of carbonyl (C=O) groups is 2. The van der Waals surface area contributed by atoms with E-state index in [0.717, 1.165) is 16.7 Å². The van der Waals surface area contributed by atoms with E-state index in [0.29, 0.717) is 12.2 Å². The minimum Gasteiger partial charge on any atom is -0.304 e. The molecule has 152 valence electrons. The van der Waals surface area contributed by atoms with Gasteiger partial charge >= 0.3 is 6.03 Å². The summed E-state index contributed by atoms with van der Waals surface area (Å²) in [6.45, 7) is 0.0619. The number of rotatable bonds is 7. The zero-order valence-electron chi connectivity index (χ0n) is 16.6. The van der Waals surface area contributed by atoms with Crippen LogP contribution in [0.15, 0.2) is 91.0 Å². The van der Waals surface area contributed by atoms with Gasteiger partial charge in [-0.15, -0.1) is 0 Å². The van der Waals surface area contributed by atoms with Gasteiger partial charge in [-0.25, -0.2) is 4.79 Å². The Morgan fingerprint density at radius 3 is 1.77 bits per heavy atom. The van der Waals surface area contributed by atoms with E-state index in [2.05, 4.69) is 12.6 Å². The van der Waals surface area contributed by atoms with Gasteiger partial charge in [-0.1, -0.05) is 91.0 Å². The van der Waals surface area contributed by atoms with Crippen molar-refractivity contribution in [3.63, 3.8) is 0 Å². The number of urea groups is 1. The predicted molar refractivity (Wildman–Crippen MR) is 121 cm³/mol. The number of nitrogens with zero attached hydrogens (tertiary/aromatic N) is 2. The van der Waals surface area contributed by atoms with Crippen LogP contribution in [0, 0.1) is 0 Å². The lowest BCUT2D eigenvalue weighted by molar-refractivity contribution is -0.126. The van der Waals surface area contributed by atoms with E-state index in [1.54, 1.807) is 4.90 Å². The Hall–Kier alpha value is -3.05. The van der Waals surface area contributed by atoms with Crippen molar-refractivity contribution in [2.45, 2.75) is 18.5 Å². The van der Waals surface area contributed by atoms with E-state index in [-0.39, 0.29) is 30.6 Å². The van der Waals surface area contributed by atoms with Crippen molar-refractivity contribution in [3.05, 3.63) is 108 Å². The van der Waals surface area contributed by atoms with Crippen LogP contribution >= 0.6 is 12.6 Å². The second-order valence-electron chi connectivity index (χ2n) is 7.42. The summed E-state index contributed by atoms with van der Waals surface area (Å²) in [4.78, 5) is 29.6. The van der Waals surface area contributed by atoms with Crippen LogP contribution in [0.25, 0.3) is 0 Å². The molecule has 4 nitrogen and oxygen atoms in total. The van der Waals surface area contributed by atoms with Crippen LogP contribution in [0.5, 0.6) is 0 Å². The number of hydrogen-bond acceptors (Lipinski definition) is 3. The van der Waals surface area contributed by atoms with Gasteiger partial charge in [0.1, 0.15) is 6.54 Å². The molecule has 1 aliphatic rings. The third kappa shape index (κ3) is 4.12. The monoisotopic (exact) mass is 416 g/mol. The Bertz CT molecular complexity index is 956. The number of thiol groups is 1. The first-order chi connectivity index (χ1) is 14.7. The maximum atomic E-state index is 13.5. The van der Waals surface area contributed by atoms with Gasteiger partial charge in [0.05, 0.1) is 12.1 Å². The minimum absolute atomic E-state index is 0.0619. The summed E-state index contributed by atoms with van der Waals surface area (Å²) in [5, 5.41) is 0. The van der Waals surface area contributed by atoms with Gasteiger partial charge in [0.15, 0.2) is 0 Å². The van der Waals surface area contributed by atoms with E-state index in [1.165, 1.54) is 4.90 Å². The molecule has 1 fully saturated rings. The van der Waals surface area contributed by atoms with Crippen molar-refractivity contribution in [1.82, 2.24) is 9.80 Å². The number of imide groups is 1. The molecule has 3 aromatic rings. The molecule has 0 bridgehead atoms. The molecule has 1 aliphatic heterocycles. The summed E-state index contributed by atoms with van der Waals surface area (Å²) in [6.07, 6.45) is 0.594. The molecule has 4 rings (SSSR count). The Morgan fingerprint density at radius 1 is 0.767 bits per heavy atom. The lowest BCUT2D eigenvalue weighted by Crippen LogP contribution is -2.44. The quantitative estimate of drug-likeness (QED) is 0.452. The van der Waals surface area contributed by atoms with Crippen molar-refractivity contribution in [1.29, 1.82) is 0 Å². The molecule has 0 aliphatic carbocycles. The number of benzene rings is 3. The summed E-state index contributed by atoms with van der Waals surface area (Å²) in [5.41, 5.74) is 3.05. The molecular weight excluding hydrogens is 392 g/mol. The highest BCUT2D eigenvalue weighted by Gasteiger charge is 2.43. The van der Waals surface area contributed by atoms with Crippen molar-refractivity contribution >= 4 is 24.6 Å². The molecule has 30 heavy (non-hydrogen) atoms. The average Bonchev–Trinajstić information content (AvgIpc) is 3.08. The highest BCUT2D eigenvalue weighted by molar-refractivity contribution is 7.80. The average molecular weight is 417 g/mol. The molecule has 3 aromatic carbocycles. The van der Waals surface area contributed by atoms with E-state index < -0.39 is 0 Å². The summed E-state index contributed by atoms with van der Waals surface area (Å²) in [5.74, 6) is 0.244. The zero-order chi connectivity index (χ0) is 20.9. The highest BCUT2D eigenvalue weighted by Crippen LogP contribution is 2.33. The number of carbonyl (C=O) groups excluding carboxylic acids is 2. The Balaban J connectivity index is 1.65. The molecule has 1 saturated heterocycles. The fraction of sp³-hybridized carbons (Fsp3) is 0.200. The van der Waals surface area contributed by atoms with Crippen LogP contribution in [-0.2, 0) is 11.2 Å². The molecule has 0 radical (unpaired) electrons. The third-order valence-electron chi connectivity index (χ3n) is 5.46. The topological polar surface area (TPSA) is 40.6 Å². The fourth-order valence-corrected chi connectivity index (χ4v) is 4.34. The predicted octanol–water partition coefficient (Wildman–Crippen LogP) is 4.58. The standard InChI is InChI=1S/C25H24N2O2S/c28-23-17-26(24(20-12-6-2-7-13-20)21-14-8-3-9-15-21)25(29)27(23)22(18-30)16-19-10-4-1-5-11-19/h1-15,22,24,30H,16-18H2. The fourth-order valence-electron chi connectivity index (χ4n) is 4.04. The Morgan fingerprint density at radius 2 is 1.27 bits per heavy atom. The van der Waals surface area contributed by atoms with Crippen LogP contribution in [-0.4, -0.2) is 40.1 Å². The van der Waals surface area contributed by atoms with Gasteiger partial charge in [-0.2, -0.15) is 12.6 Å². The Kier molecular flexibility index (Phi) is 6.19. The molecular formula is C25H24N2O2S. The summed E-state index contributed by atoms with van der Waals surface area (Å²) in [6, 6.07) is 28.8. The zero-order valence-corrected chi connectivity index (χ0v) is 17.5. The molecule has 5 heteroatoms. The van der Waals surface area contributed by atoms with Crippen molar-refractivity contribution in [2.75, 3.05) is 12.3 Å². The lowest BCUT2D eigenvalue weighted by atomic mass is 9.97. The number of hydrogen-bond donors (Lipinski definition) is 1. The molecule has 1 heterocycles. The second-order valence-corrected chi connectivity index (χ2v) is 7.79. The van der Waals surface area contributed by atoms with Crippen molar-refractivity contribution < 1.29 is 9.59 Å². The number of amides is 3. The van der Waals surface area contributed by atoms with Crippen LogP contribution < -0.4 is 0 Å². The summed E-state index contributed by atoms with van der Waals surface area (Å²) < 4.78 is 0. The first kappa shape index (κ1) is 20.2. The van der Waals surface area contributed by atoms with Crippen LogP contribution in [0.2, 0.25) is 0 Å². The van der Waals surface area contributed by atoms with Crippen molar-refractivity contribution in [2.24, 2.45) is 0 Å². The molecule has 1 atom stereocenters. The summed E-state index contributed by atoms with van der Waals surface area (Å²) in [7, 11) is 0. The SMILES string of the molecule is O=C1CN(C(c2ccccc2)c2ccccc2)C(=O)N1C(CS)Cc1ccccc1. The molecule has 1 unspecified atom stereocenters. The summed E-state index contributed by atoms with van der Waals surface area (Å²) >= 11 is 4.46.